The molecule has 0 aliphatic rings. The van der Waals surface area contributed by atoms with Gasteiger partial charge in [-0.3, -0.25) is 0 Å². The van der Waals surface area contributed by atoms with Gasteiger partial charge >= 0.3 is 5.97 Å². The van der Waals surface area contributed by atoms with E-state index in [0.29, 0.717) is 9.99 Å². The Kier molecular flexibility index (Phi) is 4.71. The maximum Gasteiger partial charge on any atom is 0.354 e. The van der Waals surface area contributed by atoms with E-state index in [1.54, 1.807) is 12.3 Å². The van der Waals surface area contributed by atoms with Gasteiger partial charge < -0.3 is 25.9 Å². The minimum Gasteiger partial charge on any atom is -0.464 e. The van der Waals surface area contributed by atoms with Crippen molar-refractivity contribution in [3.05, 3.63) is 52.4 Å². The summed E-state index contributed by atoms with van der Waals surface area (Å²) in [4.78, 5) is 14.2. The molecule has 116 valence electrons. The number of halogens is 2. The molecule has 2 rings (SSSR count). The molecule has 0 fully saturated rings. The fourth-order valence-corrected chi connectivity index (χ4v) is 2.38. The summed E-state index contributed by atoms with van der Waals surface area (Å²) in [6, 6.07) is 3.05. The number of benzene rings is 1. The van der Waals surface area contributed by atoms with Crippen molar-refractivity contribution < 1.29 is 18.7 Å². The van der Waals surface area contributed by atoms with Gasteiger partial charge in [0.05, 0.1) is 11.6 Å². The van der Waals surface area contributed by atoms with Gasteiger partial charge in [0, 0.05) is 35.4 Å². The number of hydrogen-bond acceptors (Lipinski definition) is 5. The van der Waals surface area contributed by atoms with Crippen molar-refractivity contribution in [3.8, 4) is 5.75 Å². The predicted octanol–water partition coefficient (Wildman–Crippen LogP) is 2.26. The van der Waals surface area contributed by atoms with Crippen LogP contribution in [0.1, 0.15) is 0 Å². The third-order valence-corrected chi connectivity index (χ3v) is 3.59. The second-order valence-corrected chi connectivity index (χ2v) is 5.00. The average Bonchev–Trinajstić information content (AvgIpc) is 2.97. The van der Waals surface area contributed by atoms with Gasteiger partial charge in [-0.05, 0) is 22.0 Å². The van der Waals surface area contributed by atoms with Crippen LogP contribution in [-0.2, 0) is 9.53 Å². The van der Waals surface area contributed by atoms with Gasteiger partial charge in [0.25, 0.3) is 0 Å². The van der Waals surface area contributed by atoms with Crippen molar-refractivity contribution in [1.82, 2.24) is 4.98 Å². The number of carbonyl (C=O) groups is 1. The van der Waals surface area contributed by atoms with Crippen molar-refractivity contribution in [2.75, 3.05) is 7.11 Å². The first kappa shape index (κ1) is 15.9. The number of esters is 1. The quantitative estimate of drug-likeness (QED) is 0.332. The molecule has 0 spiro atoms. The Balaban J connectivity index is 2.38. The van der Waals surface area contributed by atoms with Gasteiger partial charge in [-0.15, -0.1) is 0 Å². The van der Waals surface area contributed by atoms with E-state index in [1.807, 2.05) is 0 Å². The molecule has 0 bridgehead atoms. The lowest BCUT2D eigenvalue weighted by molar-refractivity contribution is -0.136. The first-order valence-corrected chi connectivity index (χ1v) is 6.87. The Bertz CT molecular complexity index is 783. The number of allylic oxidation sites excluding steroid dienone is 1. The monoisotopic (exact) mass is 369 g/mol. The van der Waals surface area contributed by atoms with Crippen molar-refractivity contribution >= 4 is 32.8 Å². The largest absolute Gasteiger partial charge is 0.464 e. The number of aromatic amines is 1. The molecule has 0 atom stereocenters. The third-order valence-electron chi connectivity index (χ3n) is 2.81. The van der Waals surface area contributed by atoms with Crippen LogP contribution in [0.15, 0.2) is 46.5 Å². The van der Waals surface area contributed by atoms with Crippen molar-refractivity contribution in [2.24, 2.45) is 11.5 Å². The Morgan fingerprint density at radius 1 is 1.50 bits per heavy atom. The average molecular weight is 370 g/mol. The normalized spacial score (nSPS) is 12.5. The van der Waals surface area contributed by atoms with Crippen LogP contribution in [0.3, 0.4) is 0 Å². The lowest BCUT2D eigenvalue weighted by Crippen LogP contribution is -2.14. The van der Waals surface area contributed by atoms with Gasteiger partial charge in [-0.2, -0.15) is 0 Å². The SMILES string of the molecule is COC(=O)/C(N)=C/C(=C\N)Oc1c(F)cc2[nH]ccc2c1Br. The highest BCUT2D eigenvalue weighted by atomic mass is 79.9. The lowest BCUT2D eigenvalue weighted by atomic mass is 10.2. The summed E-state index contributed by atoms with van der Waals surface area (Å²) >= 11 is 3.28. The number of ether oxygens (including phenoxy) is 2. The second-order valence-electron chi connectivity index (χ2n) is 4.20. The summed E-state index contributed by atoms with van der Waals surface area (Å²) in [5.74, 6) is -1.43. The Morgan fingerprint density at radius 2 is 2.23 bits per heavy atom. The highest BCUT2D eigenvalue weighted by Gasteiger charge is 2.16. The van der Waals surface area contributed by atoms with E-state index in [1.165, 1.54) is 13.2 Å². The third kappa shape index (κ3) is 3.06. The maximum atomic E-state index is 14.1. The minimum atomic E-state index is -0.747. The molecule has 5 N–H and O–H groups in total. The van der Waals surface area contributed by atoms with E-state index >= 15 is 0 Å². The summed E-state index contributed by atoms with van der Waals surface area (Å²) in [6.07, 6.45) is 3.88. The lowest BCUT2D eigenvalue weighted by Gasteiger charge is -2.11. The zero-order valence-electron chi connectivity index (χ0n) is 11.5. The van der Waals surface area contributed by atoms with Crippen LogP contribution in [0.25, 0.3) is 10.9 Å². The number of nitrogens with one attached hydrogen (secondary N) is 1. The Hall–Kier alpha value is -2.48. The van der Waals surface area contributed by atoms with Gasteiger partial charge in [-0.25, -0.2) is 9.18 Å². The number of aromatic nitrogens is 1. The van der Waals surface area contributed by atoms with Gasteiger partial charge in [0.2, 0.25) is 0 Å². The summed E-state index contributed by atoms with van der Waals surface area (Å²) in [5, 5.41) is 0.734. The Labute approximate surface area is 133 Å². The fourth-order valence-electron chi connectivity index (χ4n) is 1.77. The number of fused-ring (bicyclic) bond motifs is 1. The van der Waals surface area contributed by atoms with Crippen LogP contribution in [0.4, 0.5) is 4.39 Å². The van der Waals surface area contributed by atoms with E-state index in [2.05, 4.69) is 25.7 Å². The van der Waals surface area contributed by atoms with Crippen molar-refractivity contribution in [1.29, 1.82) is 0 Å². The summed E-state index contributed by atoms with van der Waals surface area (Å²) in [5.41, 5.74) is 11.3. The van der Waals surface area contributed by atoms with Gasteiger partial charge in [0.1, 0.15) is 11.5 Å². The molecule has 0 unspecified atom stereocenters. The molecular weight excluding hydrogens is 357 g/mol. The van der Waals surface area contributed by atoms with E-state index in [9.17, 15) is 9.18 Å². The number of methoxy groups -OCH3 is 1. The van der Waals surface area contributed by atoms with E-state index in [-0.39, 0.29) is 17.2 Å². The number of rotatable bonds is 4. The maximum absolute atomic E-state index is 14.1. The van der Waals surface area contributed by atoms with E-state index in [0.717, 1.165) is 17.7 Å². The first-order chi connectivity index (χ1) is 10.5. The van der Waals surface area contributed by atoms with Gasteiger partial charge in [-0.1, -0.05) is 0 Å². The number of H-pyrrole nitrogens is 1. The molecule has 0 aliphatic carbocycles. The number of carbonyl (C=O) groups excluding carboxylic acids is 1. The Morgan fingerprint density at radius 3 is 2.86 bits per heavy atom. The molecule has 6 nitrogen and oxygen atoms in total. The molecular formula is C14H13BrFN3O3. The van der Waals surface area contributed by atoms with Crippen molar-refractivity contribution in [3.63, 3.8) is 0 Å². The van der Waals surface area contributed by atoms with E-state index < -0.39 is 11.8 Å². The second kappa shape index (κ2) is 6.52. The number of hydrogen-bond donors (Lipinski definition) is 3. The first-order valence-electron chi connectivity index (χ1n) is 6.08. The van der Waals surface area contributed by atoms with Gasteiger partial charge in [0.15, 0.2) is 11.6 Å². The predicted molar refractivity (Wildman–Crippen MR) is 83.1 cm³/mol. The molecule has 2 aromatic rings. The minimum absolute atomic E-state index is 0.00242. The van der Waals surface area contributed by atoms with E-state index in [4.69, 9.17) is 16.2 Å². The van der Waals surface area contributed by atoms with Crippen LogP contribution >= 0.6 is 15.9 Å². The molecule has 1 aromatic carbocycles. The molecule has 8 heteroatoms. The van der Waals surface area contributed by atoms with Crippen LogP contribution in [0, 0.1) is 5.82 Å². The number of nitrogens with two attached hydrogens (primary N) is 2. The molecule has 0 amide bonds. The van der Waals surface area contributed by atoms with Crippen LogP contribution < -0.4 is 16.2 Å². The molecule has 0 radical (unpaired) electrons. The smallest absolute Gasteiger partial charge is 0.354 e. The summed E-state index contributed by atoms with van der Waals surface area (Å²) in [7, 11) is 1.19. The zero-order valence-corrected chi connectivity index (χ0v) is 13.1. The van der Waals surface area contributed by atoms with Crippen LogP contribution in [0.2, 0.25) is 0 Å². The molecule has 0 saturated heterocycles. The van der Waals surface area contributed by atoms with Crippen LogP contribution in [-0.4, -0.2) is 18.1 Å². The van der Waals surface area contributed by atoms with Crippen molar-refractivity contribution in [2.45, 2.75) is 0 Å². The van der Waals surface area contributed by atoms with Crippen LogP contribution in [0.5, 0.6) is 5.75 Å². The zero-order chi connectivity index (χ0) is 16.3. The molecule has 0 saturated carbocycles. The molecule has 1 heterocycles. The standard InChI is InChI=1S/C14H13BrFN3O3/c1-21-14(20)10(18)4-7(6-17)22-13-9(16)5-11-8(12(13)15)2-3-19-11/h2-6,19H,17-18H2,1H3/b7-6+,10-4-. The molecule has 1 aromatic heterocycles. The summed E-state index contributed by atoms with van der Waals surface area (Å²) < 4.78 is 24.4. The molecule has 22 heavy (non-hydrogen) atoms. The highest BCUT2D eigenvalue weighted by molar-refractivity contribution is 9.10. The molecule has 0 aliphatic heterocycles. The summed E-state index contributed by atoms with van der Waals surface area (Å²) in [6.45, 7) is 0. The topological polar surface area (TPSA) is 103 Å². The highest BCUT2D eigenvalue weighted by Crippen LogP contribution is 2.36. The fraction of sp³-hybridized carbons (Fsp3) is 0.0714.